The van der Waals surface area contributed by atoms with Crippen LogP contribution in [-0.2, 0) is 4.79 Å². The fourth-order valence-electron chi connectivity index (χ4n) is 0.443. The quantitative estimate of drug-likeness (QED) is 0.365. The maximum Gasteiger partial charge on any atom is 0.365 e. The molecule has 0 saturated carbocycles. The van der Waals surface area contributed by atoms with Crippen LogP contribution in [0.1, 0.15) is 13.3 Å². The van der Waals surface area contributed by atoms with Crippen LogP contribution < -0.4 is 5.73 Å². The summed E-state index contributed by atoms with van der Waals surface area (Å²) in [5, 5.41) is 25.5. The Morgan fingerprint density at radius 2 is 2.10 bits per heavy atom. The summed E-state index contributed by atoms with van der Waals surface area (Å²) < 4.78 is 0. The molecule has 0 radical (unpaired) electrons. The highest BCUT2D eigenvalue weighted by molar-refractivity contribution is 5.75. The van der Waals surface area contributed by atoms with E-state index in [2.05, 4.69) is 0 Å². The fraction of sp³-hybridized carbons (Fsp3) is 0.800. The van der Waals surface area contributed by atoms with Crippen molar-refractivity contribution in [2.45, 2.75) is 25.2 Å². The van der Waals surface area contributed by atoms with Crippen molar-refractivity contribution in [1.82, 2.24) is 0 Å². The molecule has 0 aromatic heterocycles. The summed E-state index contributed by atoms with van der Waals surface area (Å²) in [6.07, 6.45) is 0.194. The minimum atomic E-state index is -2.80. The monoisotopic (exact) mass is 149 g/mol. The van der Waals surface area contributed by atoms with Crippen molar-refractivity contribution in [3.63, 3.8) is 0 Å². The molecule has 5 nitrogen and oxygen atoms in total. The molecule has 0 aliphatic carbocycles. The lowest BCUT2D eigenvalue weighted by molar-refractivity contribution is -0.210. The maximum absolute atomic E-state index is 10.0. The molecular weight excluding hydrogens is 138 g/mol. The zero-order valence-corrected chi connectivity index (χ0v) is 5.61. The smallest absolute Gasteiger partial charge is 0.365 e. The Hall–Kier alpha value is -0.650. The predicted octanol–water partition coefficient (Wildman–Crippen LogP) is -1.51. The molecule has 1 unspecified atom stereocenters. The first kappa shape index (κ1) is 9.35. The molecule has 1 atom stereocenters. The number of hydrogen-bond donors (Lipinski definition) is 4. The number of aliphatic carboxylic acids is 1. The van der Waals surface area contributed by atoms with E-state index < -0.39 is 17.8 Å². The predicted molar refractivity (Wildman–Crippen MR) is 33.1 cm³/mol. The molecule has 0 aromatic carbocycles. The summed E-state index contributed by atoms with van der Waals surface area (Å²) >= 11 is 0. The van der Waals surface area contributed by atoms with Gasteiger partial charge in [-0.15, -0.1) is 0 Å². The molecular formula is C5H11NO4. The van der Waals surface area contributed by atoms with E-state index in [4.69, 9.17) is 21.1 Å². The van der Waals surface area contributed by atoms with E-state index in [0.717, 1.165) is 0 Å². The molecule has 0 aromatic rings. The second-order valence-electron chi connectivity index (χ2n) is 2.05. The third kappa shape index (κ3) is 1.66. The van der Waals surface area contributed by atoms with Gasteiger partial charge in [-0.1, -0.05) is 6.92 Å². The zero-order valence-electron chi connectivity index (χ0n) is 5.61. The number of carbonyl (C=O) groups is 1. The van der Waals surface area contributed by atoms with Crippen molar-refractivity contribution in [3.8, 4) is 0 Å². The molecule has 0 amide bonds. The van der Waals surface area contributed by atoms with E-state index in [1.54, 1.807) is 6.92 Å². The van der Waals surface area contributed by atoms with E-state index in [-0.39, 0.29) is 6.42 Å². The summed E-state index contributed by atoms with van der Waals surface area (Å²) in [6.45, 7) is 1.56. The van der Waals surface area contributed by atoms with Gasteiger partial charge in [0.15, 0.2) is 0 Å². The lowest BCUT2D eigenvalue weighted by Crippen LogP contribution is -2.53. The molecule has 5 heteroatoms. The Morgan fingerprint density at radius 3 is 2.20 bits per heavy atom. The third-order valence-electron chi connectivity index (χ3n) is 1.27. The van der Waals surface area contributed by atoms with E-state index in [9.17, 15) is 4.79 Å². The van der Waals surface area contributed by atoms with Gasteiger partial charge >= 0.3 is 5.97 Å². The molecule has 5 N–H and O–H groups in total. The van der Waals surface area contributed by atoms with Crippen molar-refractivity contribution in [2.75, 3.05) is 0 Å². The van der Waals surface area contributed by atoms with Crippen LogP contribution in [-0.4, -0.2) is 33.1 Å². The Morgan fingerprint density at radius 1 is 1.70 bits per heavy atom. The first-order valence-electron chi connectivity index (χ1n) is 2.86. The number of carboxylic acids is 1. The highest BCUT2D eigenvalue weighted by atomic mass is 16.5. The molecule has 0 fully saturated rings. The van der Waals surface area contributed by atoms with Gasteiger partial charge in [-0.25, -0.2) is 4.79 Å². The summed E-state index contributed by atoms with van der Waals surface area (Å²) in [4.78, 5) is 10.0. The average Bonchev–Trinajstić information content (AvgIpc) is 1.86. The topological polar surface area (TPSA) is 104 Å². The van der Waals surface area contributed by atoms with Crippen molar-refractivity contribution in [1.29, 1.82) is 0 Å². The second kappa shape index (κ2) is 2.96. The third-order valence-corrected chi connectivity index (χ3v) is 1.27. The Balaban J connectivity index is 4.23. The van der Waals surface area contributed by atoms with E-state index in [1.807, 2.05) is 0 Å². The van der Waals surface area contributed by atoms with E-state index in [0.29, 0.717) is 0 Å². The average molecular weight is 149 g/mol. The fourth-order valence-corrected chi connectivity index (χ4v) is 0.443. The van der Waals surface area contributed by atoms with Gasteiger partial charge in [-0.2, -0.15) is 0 Å². The summed E-state index contributed by atoms with van der Waals surface area (Å²) in [6, 6.07) is -1.15. The van der Waals surface area contributed by atoms with Gasteiger partial charge in [0, 0.05) is 0 Å². The van der Waals surface area contributed by atoms with E-state index >= 15 is 0 Å². The molecule has 0 bridgehead atoms. The van der Waals surface area contributed by atoms with Gasteiger partial charge in [0.1, 0.15) is 0 Å². The molecule has 0 spiro atoms. The maximum atomic E-state index is 10.0. The Kier molecular flexibility index (Phi) is 2.77. The largest absolute Gasteiger partial charge is 0.477 e. The SMILES string of the molecule is CCC(N)C(O)(O)C(=O)O. The van der Waals surface area contributed by atoms with Crippen molar-refractivity contribution in [3.05, 3.63) is 0 Å². The molecule has 0 rings (SSSR count). The normalized spacial score (nSPS) is 14.8. The zero-order chi connectivity index (χ0) is 8.36. The second-order valence-corrected chi connectivity index (χ2v) is 2.05. The number of aliphatic hydroxyl groups is 2. The van der Waals surface area contributed by atoms with Crippen LogP contribution >= 0.6 is 0 Å². The minimum Gasteiger partial charge on any atom is -0.477 e. The lowest BCUT2D eigenvalue weighted by atomic mass is 10.1. The standard InChI is InChI=1S/C5H11NO4/c1-2-3(6)5(9,10)4(7)8/h3,9-10H,2,6H2,1H3,(H,7,8). The summed E-state index contributed by atoms with van der Waals surface area (Å²) in [7, 11) is 0. The van der Waals surface area contributed by atoms with Gasteiger partial charge in [-0.3, -0.25) is 0 Å². The first-order chi connectivity index (χ1) is 4.42. The van der Waals surface area contributed by atoms with Crippen molar-refractivity contribution < 1.29 is 20.1 Å². The summed E-state index contributed by atoms with van der Waals surface area (Å²) in [5.74, 6) is -4.52. The number of nitrogens with two attached hydrogens (primary N) is 1. The van der Waals surface area contributed by atoms with Crippen LogP contribution in [0.4, 0.5) is 0 Å². The van der Waals surface area contributed by atoms with Crippen LogP contribution in [0.2, 0.25) is 0 Å². The van der Waals surface area contributed by atoms with E-state index in [1.165, 1.54) is 0 Å². The number of hydrogen-bond acceptors (Lipinski definition) is 4. The lowest BCUT2D eigenvalue weighted by Gasteiger charge is -2.22. The van der Waals surface area contributed by atoms with Crippen LogP contribution in [0.3, 0.4) is 0 Å². The molecule has 0 heterocycles. The van der Waals surface area contributed by atoms with Gasteiger partial charge in [-0.05, 0) is 6.42 Å². The number of rotatable bonds is 3. The van der Waals surface area contributed by atoms with Crippen molar-refractivity contribution >= 4 is 5.97 Å². The van der Waals surface area contributed by atoms with Gasteiger partial charge < -0.3 is 21.1 Å². The molecule has 0 aliphatic rings. The number of carboxylic acid groups (broad SMARTS) is 1. The van der Waals surface area contributed by atoms with Gasteiger partial charge in [0.25, 0.3) is 5.79 Å². The van der Waals surface area contributed by atoms with Crippen molar-refractivity contribution in [2.24, 2.45) is 5.73 Å². The van der Waals surface area contributed by atoms with Crippen LogP contribution in [0.25, 0.3) is 0 Å². The highest BCUT2D eigenvalue weighted by Gasteiger charge is 2.38. The van der Waals surface area contributed by atoms with Crippen LogP contribution in [0.5, 0.6) is 0 Å². The molecule has 60 valence electrons. The Bertz CT molecular complexity index is 134. The minimum absolute atomic E-state index is 0.194. The molecule has 0 saturated heterocycles. The Labute approximate surface area is 58.1 Å². The van der Waals surface area contributed by atoms with Crippen LogP contribution in [0, 0.1) is 0 Å². The molecule has 10 heavy (non-hydrogen) atoms. The van der Waals surface area contributed by atoms with Crippen LogP contribution in [0.15, 0.2) is 0 Å². The summed E-state index contributed by atoms with van der Waals surface area (Å²) in [5.41, 5.74) is 5.07. The van der Waals surface area contributed by atoms with Gasteiger partial charge in [0.2, 0.25) is 0 Å². The highest BCUT2D eigenvalue weighted by Crippen LogP contribution is 2.06. The van der Waals surface area contributed by atoms with Gasteiger partial charge in [0.05, 0.1) is 6.04 Å². The molecule has 0 aliphatic heterocycles. The first-order valence-corrected chi connectivity index (χ1v) is 2.86.